The summed E-state index contributed by atoms with van der Waals surface area (Å²) in [6.07, 6.45) is 0.348. The fourth-order valence-electron chi connectivity index (χ4n) is 2.35. The van der Waals surface area contributed by atoms with Crippen molar-refractivity contribution in [3.05, 3.63) is 75.2 Å². The molecule has 0 aliphatic heterocycles. The summed E-state index contributed by atoms with van der Waals surface area (Å²) in [5.74, 6) is 0.501. The van der Waals surface area contributed by atoms with Gasteiger partial charge in [0.1, 0.15) is 11.4 Å². The van der Waals surface area contributed by atoms with E-state index in [-0.39, 0.29) is 22.4 Å². The monoisotopic (exact) mass is 416 g/mol. The van der Waals surface area contributed by atoms with Gasteiger partial charge in [-0.25, -0.2) is 0 Å². The Morgan fingerprint density at radius 3 is 2.71 bits per heavy atom. The molecular weight excluding hydrogens is 400 g/mol. The van der Waals surface area contributed by atoms with Crippen molar-refractivity contribution in [2.45, 2.75) is 11.6 Å². The van der Waals surface area contributed by atoms with Crippen LogP contribution in [0.1, 0.15) is 11.3 Å². The molecule has 2 aromatic carbocycles. The second-order valence-corrected chi connectivity index (χ2v) is 7.18. The van der Waals surface area contributed by atoms with Gasteiger partial charge in [-0.2, -0.15) is 0 Å². The van der Waals surface area contributed by atoms with Crippen LogP contribution in [-0.2, 0) is 11.2 Å². The molecule has 0 spiro atoms. The first-order valence-electron chi connectivity index (χ1n) is 8.30. The molecule has 0 radical (unpaired) electrons. The molecule has 0 saturated carbocycles. The number of aromatic nitrogens is 3. The van der Waals surface area contributed by atoms with E-state index in [4.69, 9.17) is 16.3 Å². The number of nitrogens with zero attached hydrogens (tertiary/aromatic N) is 2. The van der Waals surface area contributed by atoms with E-state index < -0.39 is 0 Å². The SMILES string of the molecule is COc1cccc(NC(=O)CSc2nnc(Cc3ccc(Cl)cc3)c(=O)[nH]2)c1. The number of carbonyl (C=O) groups excluding carboxylic acids is 1. The molecule has 1 heterocycles. The highest BCUT2D eigenvalue weighted by molar-refractivity contribution is 7.99. The zero-order chi connectivity index (χ0) is 19.9. The average molecular weight is 417 g/mol. The Hall–Kier alpha value is -2.84. The summed E-state index contributed by atoms with van der Waals surface area (Å²) in [6.45, 7) is 0. The number of nitrogens with one attached hydrogen (secondary N) is 2. The number of aromatic amines is 1. The minimum absolute atomic E-state index is 0.0817. The predicted molar refractivity (Wildman–Crippen MR) is 109 cm³/mol. The number of ether oxygens (including phenoxy) is 1. The lowest BCUT2D eigenvalue weighted by atomic mass is 10.1. The highest BCUT2D eigenvalue weighted by atomic mass is 35.5. The number of benzene rings is 2. The molecule has 7 nitrogen and oxygen atoms in total. The third-order valence-electron chi connectivity index (χ3n) is 3.72. The van der Waals surface area contributed by atoms with Gasteiger partial charge in [0.2, 0.25) is 5.91 Å². The standard InChI is InChI=1S/C19H17ClN4O3S/c1-27-15-4-2-3-14(10-15)21-17(25)11-28-19-22-18(26)16(23-24-19)9-12-5-7-13(20)8-6-12/h2-8,10H,9,11H2,1H3,(H,21,25)(H,22,24,26). The van der Waals surface area contributed by atoms with Crippen molar-refractivity contribution in [1.29, 1.82) is 0 Å². The van der Waals surface area contributed by atoms with Gasteiger partial charge in [0.15, 0.2) is 5.16 Å². The smallest absolute Gasteiger partial charge is 0.273 e. The number of hydrogen-bond acceptors (Lipinski definition) is 6. The number of carbonyl (C=O) groups is 1. The maximum atomic E-state index is 12.2. The van der Waals surface area contributed by atoms with Crippen LogP contribution in [0.25, 0.3) is 0 Å². The van der Waals surface area contributed by atoms with Gasteiger partial charge in [0.25, 0.3) is 5.56 Å². The molecule has 9 heteroatoms. The lowest BCUT2D eigenvalue weighted by Crippen LogP contribution is -2.19. The van der Waals surface area contributed by atoms with Gasteiger partial charge in [-0.05, 0) is 29.8 Å². The summed E-state index contributed by atoms with van der Waals surface area (Å²) >= 11 is 6.95. The Bertz CT molecular complexity index is 1020. The van der Waals surface area contributed by atoms with E-state index in [1.165, 1.54) is 0 Å². The first kappa shape index (κ1) is 19.9. The highest BCUT2D eigenvalue weighted by Crippen LogP contribution is 2.18. The topological polar surface area (TPSA) is 97.0 Å². The van der Waals surface area contributed by atoms with Crippen LogP contribution in [0.2, 0.25) is 5.02 Å². The Morgan fingerprint density at radius 2 is 2.00 bits per heavy atom. The van der Waals surface area contributed by atoms with Gasteiger partial charge in [-0.3, -0.25) is 14.6 Å². The molecule has 28 heavy (non-hydrogen) atoms. The lowest BCUT2D eigenvalue weighted by Gasteiger charge is -2.06. The van der Waals surface area contributed by atoms with Crippen LogP contribution in [0.15, 0.2) is 58.5 Å². The number of halogens is 1. The van der Waals surface area contributed by atoms with Crippen molar-refractivity contribution < 1.29 is 9.53 Å². The number of amides is 1. The Morgan fingerprint density at radius 1 is 1.21 bits per heavy atom. The van der Waals surface area contributed by atoms with Gasteiger partial charge >= 0.3 is 0 Å². The number of rotatable bonds is 7. The number of anilines is 1. The largest absolute Gasteiger partial charge is 0.497 e. The van der Waals surface area contributed by atoms with Crippen LogP contribution in [-0.4, -0.2) is 34.0 Å². The van der Waals surface area contributed by atoms with Crippen LogP contribution in [0.4, 0.5) is 5.69 Å². The molecule has 0 bridgehead atoms. The lowest BCUT2D eigenvalue weighted by molar-refractivity contribution is -0.113. The van der Waals surface area contributed by atoms with Crippen LogP contribution in [0, 0.1) is 0 Å². The van der Waals surface area contributed by atoms with Crippen molar-refractivity contribution in [3.63, 3.8) is 0 Å². The van der Waals surface area contributed by atoms with Gasteiger partial charge in [0, 0.05) is 23.2 Å². The first-order chi connectivity index (χ1) is 13.5. The van der Waals surface area contributed by atoms with E-state index in [1.54, 1.807) is 43.5 Å². The maximum Gasteiger partial charge on any atom is 0.273 e. The van der Waals surface area contributed by atoms with E-state index >= 15 is 0 Å². The van der Waals surface area contributed by atoms with E-state index in [2.05, 4.69) is 20.5 Å². The average Bonchev–Trinajstić information content (AvgIpc) is 2.70. The van der Waals surface area contributed by atoms with Crippen molar-refractivity contribution in [2.24, 2.45) is 0 Å². The summed E-state index contributed by atoms with van der Waals surface area (Å²) in [7, 11) is 1.56. The van der Waals surface area contributed by atoms with Crippen molar-refractivity contribution >= 4 is 35.0 Å². The first-order valence-corrected chi connectivity index (χ1v) is 9.67. The predicted octanol–water partition coefficient (Wildman–Crippen LogP) is 3.15. The summed E-state index contributed by atoms with van der Waals surface area (Å²) in [4.78, 5) is 26.9. The second-order valence-electron chi connectivity index (χ2n) is 5.78. The molecule has 2 N–H and O–H groups in total. The minimum Gasteiger partial charge on any atom is -0.497 e. The molecular formula is C19H17ClN4O3S. The Balaban J connectivity index is 1.57. The Labute approximate surface area is 170 Å². The normalized spacial score (nSPS) is 10.5. The molecule has 3 rings (SSSR count). The summed E-state index contributed by atoms with van der Waals surface area (Å²) < 4.78 is 5.12. The molecule has 1 amide bonds. The van der Waals surface area contributed by atoms with Crippen molar-refractivity contribution in [1.82, 2.24) is 15.2 Å². The quantitative estimate of drug-likeness (QED) is 0.574. The number of H-pyrrole nitrogens is 1. The third kappa shape index (κ3) is 5.58. The highest BCUT2D eigenvalue weighted by Gasteiger charge is 2.09. The molecule has 1 aromatic heterocycles. The van der Waals surface area contributed by atoms with E-state index in [0.29, 0.717) is 28.6 Å². The summed E-state index contributed by atoms with van der Waals surface area (Å²) in [5.41, 5.74) is 1.50. The van der Waals surface area contributed by atoms with Crippen molar-refractivity contribution in [3.8, 4) is 5.75 Å². The van der Waals surface area contributed by atoms with E-state index in [9.17, 15) is 9.59 Å². The summed E-state index contributed by atoms with van der Waals surface area (Å²) in [5, 5.41) is 11.6. The number of thioether (sulfide) groups is 1. The second kappa shape index (κ2) is 9.38. The molecule has 3 aromatic rings. The fraction of sp³-hybridized carbons (Fsp3) is 0.158. The fourth-order valence-corrected chi connectivity index (χ4v) is 3.08. The maximum absolute atomic E-state index is 12.2. The third-order valence-corrected chi connectivity index (χ3v) is 4.84. The molecule has 144 valence electrons. The van der Waals surface area contributed by atoms with Gasteiger partial charge in [0.05, 0.1) is 12.9 Å². The molecule has 0 saturated heterocycles. The molecule has 0 unspecified atom stereocenters. The Kier molecular flexibility index (Phi) is 6.67. The zero-order valence-corrected chi connectivity index (χ0v) is 16.5. The minimum atomic E-state index is -0.333. The van der Waals surface area contributed by atoms with Crippen LogP contribution < -0.4 is 15.6 Å². The van der Waals surface area contributed by atoms with Crippen LogP contribution >= 0.6 is 23.4 Å². The summed E-state index contributed by atoms with van der Waals surface area (Å²) in [6, 6.07) is 14.2. The molecule has 0 fully saturated rings. The van der Waals surface area contributed by atoms with Crippen LogP contribution in [0.3, 0.4) is 0 Å². The molecule has 0 aliphatic rings. The van der Waals surface area contributed by atoms with Crippen molar-refractivity contribution in [2.75, 3.05) is 18.2 Å². The van der Waals surface area contributed by atoms with Crippen LogP contribution in [0.5, 0.6) is 5.75 Å². The van der Waals surface area contributed by atoms with Gasteiger partial charge in [-0.1, -0.05) is 41.6 Å². The van der Waals surface area contributed by atoms with Gasteiger partial charge < -0.3 is 10.1 Å². The van der Waals surface area contributed by atoms with E-state index in [0.717, 1.165) is 17.3 Å². The molecule has 0 atom stereocenters. The molecule has 0 aliphatic carbocycles. The number of methoxy groups -OCH3 is 1. The zero-order valence-electron chi connectivity index (χ0n) is 14.9. The number of hydrogen-bond donors (Lipinski definition) is 2. The van der Waals surface area contributed by atoms with Gasteiger partial charge in [-0.15, -0.1) is 10.2 Å². The van der Waals surface area contributed by atoms with E-state index in [1.807, 2.05) is 12.1 Å².